The molecule has 5 nitrogen and oxygen atoms in total. The lowest BCUT2D eigenvalue weighted by atomic mass is 9.90. The van der Waals surface area contributed by atoms with Crippen molar-refractivity contribution in [3.05, 3.63) is 81.9 Å². The van der Waals surface area contributed by atoms with Crippen molar-refractivity contribution in [3.8, 4) is 5.69 Å². The zero-order valence-electron chi connectivity index (χ0n) is 15.3. The minimum Gasteiger partial charge on any atom is -0.465 e. The topological polar surface area (TPSA) is 61.2 Å². The first-order valence-corrected chi connectivity index (χ1v) is 8.41. The van der Waals surface area contributed by atoms with E-state index in [1.807, 2.05) is 6.92 Å². The van der Waals surface area contributed by atoms with Crippen LogP contribution in [0.3, 0.4) is 0 Å². The molecule has 2 aromatic carbocycles. The van der Waals surface area contributed by atoms with Crippen LogP contribution in [0.5, 0.6) is 0 Å². The summed E-state index contributed by atoms with van der Waals surface area (Å²) in [4.78, 5) is 23.5. The minimum atomic E-state index is -0.587. The molecule has 0 amide bonds. The predicted octanol–water partition coefficient (Wildman–Crippen LogP) is 3.82. The molecule has 0 atom stereocenters. The van der Waals surface area contributed by atoms with Gasteiger partial charge >= 0.3 is 5.97 Å². The van der Waals surface area contributed by atoms with Crippen LogP contribution in [0.4, 0.5) is 4.39 Å². The van der Waals surface area contributed by atoms with Crippen molar-refractivity contribution < 1.29 is 18.7 Å². The van der Waals surface area contributed by atoms with E-state index in [2.05, 4.69) is 5.10 Å². The fourth-order valence-corrected chi connectivity index (χ4v) is 3.07. The molecule has 138 valence electrons. The van der Waals surface area contributed by atoms with Crippen LogP contribution in [-0.4, -0.2) is 29.1 Å². The van der Waals surface area contributed by atoms with Crippen molar-refractivity contribution in [2.75, 3.05) is 7.11 Å². The van der Waals surface area contributed by atoms with E-state index in [0.29, 0.717) is 35.1 Å². The summed E-state index contributed by atoms with van der Waals surface area (Å²) < 4.78 is 21.0. The summed E-state index contributed by atoms with van der Waals surface area (Å²) in [6.45, 7) is 3.63. The van der Waals surface area contributed by atoms with Gasteiger partial charge in [0.05, 0.1) is 18.4 Å². The molecule has 0 saturated carbocycles. The van der Waals surface area contributed by atoms with Crippen molar-refractivity contribution in [2.24, 2.45) is 0 Å². The molecule has 0 bridgehead atoms. The molecular formula is C21H19FN2O3. The number of aromatic nitrogens is 2. The third-order valence-corrected chi connectivity index (χ3v) is 4.77. The molecular weight excluding hydrogens is 347 g/mol. The Kier molecular flexibility index (Phi) is 5.16. The highest BCUT2D eigenvalue weighted by atomic mass is 19.1. The van der Waals surface area contributed by atoms with Gasteiger partial charge in [-0.2, -0.15) is 5.10 Å². The van der Waals surface area contributed by atoms with Crippen LogP contribution in [0, 0.1) is 19.7 Å². The summed E-state index contributed by atoms with van der Waals surface area (Å²) >= 11 is 0. The van der Waals surface area contributed by atoms with Gasteiger partial charge in [0.2, 0.25) is 0 Å². The molecule has 0 radical (unpaired) electrons. The summed E-state index contributed by atoms with van der Waals surface area (Å²) in [6, 6.07) is 8.28. The standard InChI is InChI=1S/C21H19FN2O3/c1-13-14(2)19(12-25)18(21(26)27-3)10-16(13)9-15-5-6-17(11-20(15)22)24-8-4-7-23-24/h4-8,10-12H,9H2,1-3H3. The molecule has 1 aromatic heterocycles. The molecule has 0 aliphatic heterocycles. The second kappa shape index (κ2) is 7.53. The number of hydrogen-bond donors (Lipinski definition) is 0. The summed E-state index contributed by atoms with van der Waals surface area (Å²) in [7, 11) is 1.26. The van der Waals surface area contributed by atoms with Crippen molar-refractivity contribution in [1.29, 1.82) is 0 Å². The molecule has 3 aromatic rings. The van der Waals surface area contributed by atoms with Gasteiger partial charge in [0, 0.05) is 24.4 Å². The number of aldehydes is 1. The monoisotopic (exact) mass is 366 g/mol. The number of rotatable bonds is 5. The Bertz CT molecular complexity index is 1010. The maximum absolute atomic E-state index is 14.6. The van der Waals surface area contributed by atoms with E-state index in [9.17, 15) is 14.0 Å². The van der Waals surface area contributed by atoms with Crippen molar-refractivity contribution in [2.45, 2.75) is 20.3 Å². The molecule has 27 heavy (non-hydrogen) atoms. The van der Waals surface area contributed by atoms with E-state index in [4.69, 9.17) is 4.74 Å². The lowest BCUT2D eigenvalue weighted by molar-refractivity contribution is 0.0598. The molecule has 6 heteroatoms. The van der Waals surface area contributed by atoms with Crippen LogP contribution in [0.15, 0.2) is 42.7 Å². The third-order valence-electron chi connectivity index (χ3n) is 4.77. The van der Waals surface area contributed by atoms with E-state index in [1.165, 1.54) is 13.2 Å². The summed E-state index contributed by atoms with van der Waals surface area (Å²) in [5.74, 6) is -0.949. The zero-order chi connectivity index (χ0) is 19.6. The highest BCUT2D eigenvalue weighted by Crippen LogP contribution is 2.25. The Hall–Kier alpha value is -3.28. The zero-order valence-corrected chi connectivity index (χ0v) is 15.3. The first-order valence-electron chi connectivity index (χ1n) is 8.41. The van der Waals surface area contributed by atoms with Gasteiger partial charge in [0.25, 0.3) is 0 Å². The van der Waals surface area contributed by atoms with Crippen molar-refractivity contribution in [1.82, 2.24) is 9.78 Å². The molecule has 0 saturated heterocycles. The maximum Gasteiger partial charge on any atom is 0.338 e. The number of carbonyl (C=O) groups is 2. The number of halogens is 1. The van der Waals surface area contributed by atoms with Gasteiger partial charge in [-0.1, -0.05) is 6.07 Å². The lowest BCUT2D eigenvalue weighted by Gasteiger charge is -2.15. The van der Waals surface area contributed by atoms with E-state index < -0.39 is 5.97 Å². The van der Waals surface area contributed by atoms with Crippen LogP contribution < -0.4 is 0 Å². The molecule has 1 heterocycles. The van der Waals surface area contributed by atoms with Crippen LogP contribution >= 0.6 is 0 Å². The normalized spacial score (nSPS) is 10.7. The SMILES string of the molecule is COC(=O)c1cc(Cc2ccc(-n3cccn3)cc2F)c(C)c(C)c1C=O. The number of nitrogens with zero attached hydrogens (tertiary/aromatic N) is 2. The number of methoxy groups -OCH3 is 1. The number of ether oxygens (including phenoxy) is 1. The second-order valence-corrected chi connectivity index (χ2v) is 6.26. The lowest BCUT2D eigenvalue weighted by Crippen LogP contribution is -2.10. The molecule has 0 fully saturated rings. The molecule has 0 N–H and O–H groups in total. The van der Waals surface area contributed by atoms with E-state index in [1.54, 1.807) is 48.3 Å². The highest BCUT2D eigenvalue weighted by molar-refractivity contribution is 5.99. The number of carbonyl (C=O) groups excluding carboxylic acids is 2. The van der Waals surface area contributed by atoms with E-state index in [-0.39, 0.29) is 11.4 Å². The minimum absolute atomic E-state index is 0.194. The maximum atomic E-state index is 14.6. The molecule has 0 aliphatic carbocycles. The number of hydrogen-bond acceptors (Lipinski definition) is 4. The smallest absolute Gasteiger partial charge is 0.338 e. The Morgan fingerprint density at radius 1 is 1.22 bits per heavy atom. The fraction of sp³-hybridized carbons (Fsp3) is 0.190. The Morgan fingerprint density at radius 3 is 2.59 bits per heavy atom. The highest BCUT2D eigenvalue weighted by Gasteiger charge is 2.19. The second-order valence-electron chi connectivity index (χ2n) is 6.26. The first kappa shape index (κ1) is 18.5. The van der Waals surface area contributed by atoms with E-state index >= 15 is 0 Å². The van der Waals surface area contributed by atoms with Crippen molar-refractivity contribution >= 4 is 12.3 Å². The van der Waals surface area contributed by atoms with Gasteiger partial charge in [-0.3, -0.25) is 4.79 Å². The van der Waals surface area contributed by atoms with Gasteiger partial charge in [-0.25, -0.2) is 13.9 Å². The molecule has 3 rings (SSSR count). The van der Waals surface area contributed by atoms with Gasteiger partial charge in [0.15, 0.2) is 6.29 Å². The Labute approximate surface area is 156 Å². The summed E-state index contributed by atoms with van der Waals surface area (Å²) in [6.07, 6.45) is 4.31. The Morgan fingerprint density at radius 2 is 2.00 bits per heavy atom. The summed E-state index contributed by atoms with van der Waals surface area (Å²) in [5, 5.41) is 4.09. The molecule has 0 aliphatic rings. The van der Waals surface area contributed by atoms with Gasteiger partial charge in [-0.15, -0.1) is 0 Å². The number of benzene rings is 2. The third kappa shape index (κ3) is 3.51. The van der Waals surface area contributed by atoms with Gasteiger partial charge in [0.1, 0.15) is 5.82 Å². The average Bonchev–Trinajstić information content (AvgIpc) is 3.20. The van der Waals surface area contributed by atoms with Gasteiger partial charge in [-0.05, 0) is 60.4 Å². The van der Waals surface area contributed by atoms with Gasteiger partial charge < -0.3 is 4.74 Å². The average molecular weight is 366 g/mol. The first-order chi connectivity index (χ1) is 13.0. The quantitative estimate of drug-likeness (QED) is 0.509. The fourth-order valence-electron chi connectivity index (χ4n) is 3.07. The Balaban J connectivity index is 2.01. The largest absolute Gasteiger partial charge is 0.465 e. The summed E-state index contributed by atoms with van der Waals surface area (Å²) in [5.41, 5.74) is 3.92. The van der Waals surface area contributed by atoms with E-state index in [0.717, 1.165) is 11.1 Å². The van der Waals surface area contributed by atoms with Crippen LogP contribution in [0.2, 0.25) is 0 Å². The van der Waals surface area contributed by atoms with Crippen LogP contribution in [0.1, 0.15) is 43.0 Å². The predicted molar refractivity (Wildman–Crippen MR) is 99.0 cm³/mol. The molecule has 0 unspecified atom stereocenters. The van der Waals surface area contributed by atoms with Crippen LogP contribution in [-0.2, 0) is 11.2 Å². The molecule has 0 spiro atoms. The number of esters is 1. The van der Waals surface area contributed by atoms with Crippen LogP contribution in [0.25, 0.3) is 5.69 Å². The van der Waals surface area contributed by atoms with Crippen molar-refractivity contribution in [3.63, 3.8) is 0 Å².